The predicted octanol–water partition coefficient (Wildman–Crippen LogP) is 1.13. The van der Waals surface area contributed by atoms with E-state index in [1.807, 2.05) is 13.1 Å². The van der Waals surface area contributed by atoms with Gasteiger partial charge in [0.25, 0.3) is 0 Å². The van der Waals surface area contributed by atoms with E-state index in [9.17, 15) is 10.2 Å². The second kappa shape index (κ2) is 3.17. The Bertz CT molecular complexity index is 349. The van der Waals surface area contributed by atoms with Crippen LogP contribution >= 0.6 is 0 Å². The Kier molecular flexibility index (Phi) is 2.11. The van der Waals surface area contributed by atoms with E-state index < -0.39 is 0 Å². The molecule has 0 saturated carbocycles. The van der Waals surface area contributed by atoms with E-state index in [0.29, 0.717) is 5.75 Å². The zero-order valence-corrected chi connectivity index (χ0v) is 8.44. The zero-order valence-electron chi connectivity index (χ0n) is 8.44. The smallest absolute Gasteiger partial charge is 0.116 e. The number of phenols is 1. The highest BCUT2D eigenvalue weighted by atomic mass is 16.3. The van der Waals surface area contributed by atoms with E-state index in [0.717, 1.165) is 17.7 Å². The number of hydrogen-bond acceptors (Lipinski definition) is 3. The quantitative estimate of drug-likeness (QED) is 0.702. The van der Waals surface area contributed by atoms with Gasteiger partial charge in [0.15, 0.2) is 0 Å². The summed E-state index contributed by atoms with van der Waals surface area (Å²) in [5.74, 6) is 0.295. The standard InChI is InChI=1S/C11H15NO2/c1-7(13)11-6-8-5-9(14)3-4-10(8)12(11)2/h3-5,7,11,13-14H,6H2,1-2H3. The highest BCUT2D eigenvalue weighted by Gasteiger charge is 2.29. The van der Waals surface area contributed by atoms with Gasteiger partial charge < -0.3 is 15.1 Å². The monoisotopic (exact) mass is 193 g/mol. The number of fused-ring (bicyclic) bond motifs is 1. The summed E-state index contributed by atoms with van der Waals surface area (Å²) in [7, 11) is 1.97. The van der Waals surface area contributed by atoms with Crippen LogP contribution in [-0.2, 0) is 6.42 Å². The van der Waals surface area contributed by atoms with Gasteiger partial charge in [0.1, 0.15) is 5.75 Å². The molecule has 14 heavy (non-hydrogen) atoms. The number of nitrogens with zero attached hydrogens (tertiary/aromatic N) is 1. The fourth-order valence-electron chi connectivity index (χ4n) is 2.11. The second-order valence-electron chi connectivity index (χ2n) is 3.94. The molecule has 0 amide bonds. The lowest BCUT2D eigenvalue weighted by Crippen LogP contribution is -2.37. The summed E-state index contributed by atoms with van der Waals surface area (Å²) in [5, 5.41) is 18.9. The molecule has 0 aliphatic carbocycles. The molecule has 3 heteroatoms. The molecule has 76 valence electrons. The van der Waals surface area contributed by atoms with Crippen molar-refractivity contribution in [2.45, 2.75) is 25.5 Å². The second-order valence-corrected chi connectivity index (χ2v) is 3.94. The maximum atomic E-state index is 9.56. The van der Waals surface area contributed by atoms with Crippen LogP contribution in [0.3, 0.4) is 0 Å². The van der Waals surface area contributed by atoms with Crippen LogP contribution in [0.5, 0.6) is 5.75 Å². The molecule has 2 N–H and O–H groups in total. The van der Waals surface area contributed by atoms with Gasteiger partial charge in [0.05, 0.1) is 12.1 Å². The van der Waals surface area contributed by atoms with Gasteiger partial charge in [-0.2, -0.15) is 0 Å². The van der Waals surface area contributed by atoms with Gasteiger partial charge in [-0.3, -0.25) is 0 Å². The van der Waals surface area contributed by atoms with Crippen LogP contribution < -0.4 is 4.90 Å². The number of anilines is 1. The minimum absolute atomic E-state index is 0.131. The van der Waals surface area contributed by atoms with Crippen molar-refractivity contribution in [2.75, 3.05) is 11.9 Å². The minimum atomic E-state index is -0.352. The third-order valence-electron chi connectivity index (χ3n) is 2.93. The van der Waals surface area contributed by atoms with E-state index in [2.05, 4.69) is 4.90 Å². The molecule has 0 fully saturated rings. The van der Waals surface area contributed by atoms with Gasteiger partial charge in [-0.1, -0.05) is 0 Å². The largest absolute Gasteiger partial charge is 0.508 e. The van der Waals surface area contributed by atoms with Gasteiger partial charge in [-0.15, -0.1) is 0 Å². The first-order chi connectivity index (χ1) is 6.59. The van der Waals surface area contributed by atoms with E-state index in [4.69, 9.17) is 0 Å². The fourth-order valence-corrected chi connectivity index (χ4v) is 2.11. The van der Waals surface area contributed by atoms with Crippen molar-refractivity contribution in [2.24, 2.45) is 0 Å². The highest BCUT2D eigenvalue weighted by Crippen LogP contribution is 2.34. The highest BCUT2D eigenvalue weighted by molar-refractivity contribution is 5.61. The van der Waals surface area contributed by atoms with E-state index in [1.165, 1.54) is 0 Å². The summed E-state index contributed by atoms with van der Waals surface area (Å²) in [4.78, 5) is 2.07. The van der Waals surface area contributed by atoms with Crippen molar-refractivity contribution in [3.63, 3.8) is 0 Å². The van der Waals surface area contributed by atoms with Crippen LogP contribution in [0.4, 0.5) is 5.69 Å². The summed E-state index contributed by atoms with van der Waals surface area (Å²) < 4.78 is 0. The number of benzene rings is 1. The van der Waals surface area contributed by atoms with Crippen molar-refractivity contribution in [3.8, 4) is 5.75 Å². The van der Waals surface area contributed by atoms with Crippen LogP contribution in [0, 0.1) is 0 Å². The molecule has 2 rings (SSSR count). The number of likely N-dealkylation sites (N-methyl/N-ethyl adjacent to an activating group) is 1. The molecular weight excluding hydrogens is 178 g/mol. The number of hydrogen-bond donors (Lipinski definition) is 2. The maximum Gasteiger partial charge on any atom is 0.116 e. The van der Waals surface area contributed by atoms with Crippen molar-refractivity contribution < 1.29 is 10.2 Å². The lowest BCUT2D eigenvalue weighted by atomic mass is 10.1. The Labute approximate surface area is 83.6 Å². The average molecular weight is 193 g/mol. The first-order valence-corrected chi connectivity index (χ1v) is 4.82. The molecule has 1 aromatic rings. The van der Waals surface area contributed by atoms with Gasteiger partial charge in [-0.05, 0) is 37.1 Å². The number of aromatic hydroxyl groups is 1. The third-order valence-corrected chi connectivity index (χ3v) is 2.93. The van der Waals surface area contributed by atoms with E-state index in [-0.39, 0.29) is 12.1 Å². The molecule has 1 aromatic carbocycles. The van der Waals surface area contributed by atoms with Gasteiger partial charge in [0.2, 0.25) is 0 Å². The first-order valence-electron chi connectivity index (χ1n) is 4.82. The Morgan fingerprint density at radius 2 is 2.21 bits per heavy atom. The lowest BCUT2D eigenvalue weighted by molar-refractivity contribution is 0.164. The van der Waals surface area contributed by atoms with Crippen molar-refractivity contribution >= 4 is 5.69 Å². The SMILES string of the molecule is CC(O)C1Cc2cc(O)ccc2N1C. The molecule has 0 spiro atoms. The first kappa shape index (κ1) is 9.34. The average Bonchev–Trinajstić information content (AvgIpc) is 2.43. The van der Waals surface area contributed by atoms with Crippen molar-refractivity contribution in [1.29, 1.82) is 0 Å². The van der Waals surface area contributed by atoms with Gasteiger partial charge in [-0.25, -0.2) is 0 Å². The molecule has 0 bridgehead atoms. The van der Waals surface area contributed by atoms with Crippen LogP contribution in [0.2, 0.25) is 0 Å². The Morgan fingerprint density at radius 1 is 1.50 bits per heavy atom. The summed E-state index contributed by atoms with van der Waals surface area (Å²) in [6.07, 6.45) is 0.451. The molecule has 2 unspecified atom stereocenters. The number of aliphatic hydroxyl groups excluding tert-OH is 1. The van der Waals surface area contributed by atoms with Crippen molar-refractivity contribution in [1.82, 2.24) is 0 Å². The molecule has 1 aliphatic rings. The zero-order chi connectivity index (χ0) is 10.3. The maximum absolute atomic E-state index is 9.56. The topological polar surface area (TPSA) is 43.7 Å². The molecule has 1 aliphatic heterocycles. The predicted molar refractivity (Wildman–Crippen MR) is 55.7 cm³/mol. The Hall–Kier alpha value is -1.22. The lowest BCUT2D eigenvalue weighted by Gasteiger charge is -2.24. The minimum Gasteiger partial charge on any atom is -0.508 e. The van der Waals surface area contributed by atoms with Gasteiger partial charge in [0, 0.05) is 12.7 Å². The molecular formula is C11H15NO2. The molecule has 3 nitrogen and oxygen atoms in total. The van der Waals surface area contributed by atoms with Crippen LogP contribution in [-0.4, -0.2) is 29.4 Å². The normalized spacial score (nSPS) is 22.2. The number of rotatable bonds is 1. The number of aliphatic hydroxyl groups is 1. The summed E-state index contributed by atoms with van der Waals surface area (Å²) in [5.41, 5.74) is 2.21. The molecule has 0 radical (unpaired) electrons. The molecule has 2 atom stereocenters. The Morgan fingerprint density at radius 3 is 2.86 bits per heavy atom. The summed E-state index contributed by atoms with van der Waals surface area (Å²) in [6, 6.07) is 5.48. The summed E-state index contributed by atoms with van der Waals surface area (Å²) >= 11 is 0. The van der Waals surface area contributed by atoms with Crippen LogP contribution in [0.1, 0.15) is 12.5 Å². The molecule has 0 aromatic heterocycles. The third kappa shape index (κ3) is 1.34. The fraction of sp³-hybridized carbons (Fsp3) is 0.455. The van der Waals surface area contributed by atoms with E-state index >= 15 is 0 Å². The van der Waals surface area contributed by atoms with Crippen molar-refractivity contribution in [3.05, 3.63) is 23.8 Å². The van der Waals surface area contributed by atoms with Crippen LogP contribution in [0.25, 0.3) is 0 Å². The summed E-state index contributed by atoms with van der Waals surface area (Å²) in [6.45, 7) is 1.80. The van der Waals surface area contributed by atoms with E-state index in [1.54, 1.807) is 19.1 Å². The molecule has 0 saturated heterocycles. The number of phenolic OH excluding ortho intramolecular Hbond substituents is 1. The molecule has 1 heterocycles. The van der Waals surface area contributed by atoms with Gasteiger partial charge >= 0.3 is 0 Å². The Balaban J connectivity index is 2.35. The van der Waals surface area contributed by atoms with Crippen LogP contribution in [0.15, 0.2) is 18.2 Å².